The summed E-state index contributed by atoms with van der Waals surface area (Å²) in [6.07, 6.45) is 7.10. The Morgan fingerprint density at radius 3 is 2.43 bits per heavy atom. The molecule has 0 spiro atoms. The first kappa shape index (κ1) is 19.6. The van der Waals surface area contributed by atoms with Gasteiger partial charge in [-0.2, -0.15) is 0 Å². The Hall–Kier alpha value is -2.35. The number of aryl methyl sites for hydroxylation is 1. The molecule has 0 radical (unpaired) electrons. The molecule has 4 aliphatic carbocycles. The molecule has 1 heterocycles. The third-order valence-electron chi connectivity index (χ3n) is 6.78. The lowest BCUT2D eigenvalue weighted by atomic mass is 9.53. The maximum atomic E-state index is 12.5. The van der Waals surface area contributed by atoms with Crippen LogP contribution >= 0.6 is 11.8 Å². The van der Waals surface area contributed by atoms with Crippen LogP contribution in [0.1, 0.15) is 44.1 Å². The zero-order valence-corrected chi connectivity index (χ0v) is 17.8. The molecule has 4 fully saturated rings. The van der Waals surface area contributed by atoms with Crippen molar-refractivity contribution in [3.63, 3.8) is 0 Å². The van der Waals surface area contributed by atoms with E-state index in [0.29, 0.717) is 11.1 Å². The summed E-state index contributed by atoms with van der Waals surface area (Å²) in [7, 11) is 0. The number of nitrogens with zero attached hydrogens (tertiary/aromatic N) is 2. The van der Waals surface area contributed by atoms with E-state index >= 15 is 0 Å². The lowest BCUT2D eigenvalue weighted by Crippen LogP contribution is -2.61. The number of carbonyl (C=O) groups excluding carboxylic acids is 2. The first-order valence-corrected chi connectivity index (χ1v) is 11.6. The van der Waals surface area contributed by atoms with Crippen molar-refractivity contribution in [2.45, 2.75) is 56.2 Å². The van der Waals surface area contributed by atoms with Crippen molar-refractivity contribution in [2.24, 2.45) is 17.8 Å². The summed E-state index contributed by atoms with van der Waals surface area (Å²) in [4.78, 5) is 24.7. The molecular weight excluding hydrogens is 400 g/mol. The molecule has 8 heteroatoms. The molecular formula is C22H26N4O3S. The van der Waals surface area contributed by atoms with Crippen LogP contribution in [-0.2, 0) is 4.79 Å². The average Bonchev–Trinajstić information content (AvgIpc) is 3.14. The second kappa shape index (κ2) is 7.72. The average molecular weight is 427 g/mol. The van der Waals surface area contributed by atoms with Gasteiger partial charge in [-0.15, -0.1) is 10.2 Å². The van der Waals surface area contributed by atoms with E-state index in [1.807, 2.05) is 31.2 Å². The summed E-state index contributed by atoms with van der Waals surface area (Å²) in [6.45, 7) is 1.97. The number of imide groups is 1. The number of thioether (sulfide) groups is 1. The van der Waals surface area contributed by atoms with Crippen LogP contribution in [0.5, 0.6) is 0 Å². The van der Waals surface area contributed by atoms with Gasteiger partial charge in [0.15, 0.2) is 0 Å². The molecule has 30 heavy (non-hydrogen) atoms. The van der Waals surface area contributed by atoms with Crippen molar-refractivity contribution in [3.8, 4) is 11.5 Å². The topological polar surface area (TPSA) is 97.1 Å². The van der Waals surface area contributed by atoms with Crippen LogP contribution in [0.3, 0.4) is 0 Å². The van der Waals surface area contributed by atoms with Gasteiger partial charge in [0.05, 0.1) is 5.75 Å². The van der Waals surface area contributed by atoms with E-state index < -0.39 is 0 Å². The van der Waals surface area contributed by atoms with Crippen molar-refractivity contribution < 1.29 is 14.0 Å². The van der Waals surface area contributed by atoms with Gasteiger partial charge in [-0.25, -0.2) is 4.79 Å². The fourth-order valence-corrected chi connectivity index (χ4v) is 6.58. The predicted octanol–water partition coefficient (Wildman–Crippen LogP) is 3.93. The fraction of sp³-hybridized carbons (Fsp3) is 0.545. The summed E-state index contributed by atoms with van der Waals surface area (Å²) in [5, 5.41) is 14.0. The summed E-state index contributed by atoms with van der Waals surface area (Å²) < 4.78 is 5.66. The van der Waals surface area contributed by atoms with Crippen molar-refractivity contribution in [3.05, 3.63) is 29.8 Å². The molecule has 4 aliphatic rings. The van der Waals surface area contributed by atoms with E-state index in [1.54, 1.807) is 0 Å². The Morgan fingerprint density at radius 2 is 1.77 bits per heavy atom. The number of nitrogens with one attached hydrogen (secondary N) is 2. The highest BCUT2D eigenvalue weighted by molar-refractivity contribution is 7.99. The minimum atomic E-state index is -0.381. The zero-order valence-electron chi connectivity index (χ0n) is 17.0. The van der Waals surface area contributed by atoms with Gasteiger partial charge in [0.25, 0.3) is 5.22 Å². The van der Waals surface area contributed by atoms with E-state index in [-0.39, 0.29) is 23.2 Å². The van der Waals surface area contributed by atoms with Crippen LogP contribution in [0, 0.1) is 24.7 Å². The number of rotatable bonds is 5. The monoisotopic (exact) mass is 426 g/mol. The normalized spacial score (nSPS) is 29.0. The number of urea groups is 1. The molecule has 0 atom stereocenters. The number of benzene rings is 1. The Kier molecular flexibility index (Phi) is 5.05. The lowest BCUT2D eigenvalue weighted by molar-refractivity contribution is -0.117. The highest BCUT2D eigenvalue weighted by Gasteiger charge is 2.51. The van der Waals surface area contributed by atoms with Crippen LogP contribution in [-0.4, -0.2) is 33.4 Å². The second-order valence-electron chi connectivity index (χ2n) is 9.18. The largest absolute Gasteiger partial charge is 0.411 e. The van der Waals surface area contributed by atoms with E-state index in [4.69, 9.17) is 4.42 Å². The molecule has 3 amide bonds. The van der Waals surface area contributed by atoms with Crippen LogP contribution < -0.4 is 10.6 Å². The number of amides is 3. The van der Waals surface area contributed by atoms with E-state index in [1.165, 1.54) is 19.3 Å². The number of hydrogen-bond acceptors (Lipinski definition) is 6. The summed E-state index contributed by atoms with van der Waals surface area (Å²) in [6, 6.07) is 7.37. The lowest BCUT2D eigenvalue weighted by Gasteiger charge is -2.56. The molecule has 2 aromatic rings. The molecule has 158 valence electrons. The highest BCUT2D eigenvalue weighted by atomic mass is 32.2. The Morgan fingerprint density at radius 1 is 1.10 bits per heavy atom. The first-order valence-electron chi connectivity index (χ1n) is 10.6. The van der Waals surface area contributed by atoms with E-state index in [2.05, 4.69) is 20.8 Å². The molecule has 0 saturated heterocycles. The quantitative estimate of drug-likeness (QED) is 0.703. The van der Waals surface area contributed by atoms with Gasteiger partial charge >= 0.3 is 6.03 Å². The van der Waals surface area contributed by atoms with Crippen LogP contribution in [0.25, 0.3) is 11.5 Å². The SMILES string of the molecule is Cc1ccccc1-c1nnc(SCC(=O)NC(=O)NC23CC4CC(CC(C4)C2)C3)o1. The number of carbonyl (C=O) groups is 2. The van der Waals surface area contributed by atoms with Crippen molar-refractivity contribution in [2.75, 3.05) is 5.75 Å². The molecule has 4 bridgehead atoms. The Labute approximate surface area is 179 Å². The van der Waals surface area contributed by atoms with Crippen LogP contribution in [0.4, 0.5) is 4.79 Å². The van der Waals surface area contributed by atoms with Gasteiger partial charge in [0, 0.05) is 11.1 Å². The molecule has 7 nitrogen and oxygen atoms in total. The summed E-state index contributed by atoms with van der Waals surface area (Å²) >= 11 is 1.13. The molecule has 6 rings (SSSR count). The van der Waals surface area contributed by atoms with Gasteiger partial charge in [0.1, 0.15) is 0 Å². The number of aromatic nitrogens is 2. The standard InChI is InChI=1S/C22H26N4O3S/c1-13-4-2-3-5-17(13)19-25-26-21(29-19)30-12-18(27)23-20(28)24-22-9-14-6-15(10-22)8-16(7-14)11-22/h2-5,14-16H,6-12H2,1H3,(H2,23,24,27,28). The van der Waals surface area contributed by atoms with Crippen molar-refractivity contribution in [1.82, 2.24) is 20.8 Å². The van der Waals surface area contributed by atoms with Crippen LogP contribution in [0.15, 0.2) is 33.9 Å². The highest BCUT2D eigenvalue weighted by Crippen LogP contribution is 2.55. The summed E-state index contributed by atoms with van der Waals surface area (Å²) in [5.41, 5.74) is 1.80. The maximum Gasteiger partial charge on any atom is 0.321 e. The van der Waals surface area contributed by atoms with Gasteiger partial charge in [0.2, 0.25) is 11.8 Å². The molecule has 1 aromatic carbocycles. The van der Waals surface area contributed by atoms with Crippen molar-refractivity contribution >= 4 is 23.7 Å². The molecule has 4 saturated carbocycles. The fourth-order valence-electron chi connectivity index (χ4n) is 6.02. The molecule has 0 aliphatic heterocycles. The maximum absolute atomic E-state index is 12.5. The third-order valence-corrected chi connectivity index (χ3v) is 7.60. The molecule has 2 N–H and O–H groups in total. The minimum absolute atomic E-state index is 0.0453. The number of hydrogen-bond donors (Lipinski definition) is 2. The smallest absolute Gasteiger partial charge is 0.321 e. The molecule has 1 aromatic heterocycles. The second-order valence-corrected chi connectivity index (χ2v) is 10.1. The summed E-state index contributed by atoms with van der Waals surface area (Å²) in [5.74, 6) is 2.32. The predicted molar refractivity (Wildman–Crippen MR) is 113 cm³/mol. The van der Waals surface area contributed by atoms with Crippen molar-refractivity contribution in [1.29, 1.82) is 0 Å². The van der Waals surface area contributed by atoms with E-state index in [0.717, 1.165) is 59.9 Å². The Bertz CT molecular complexity index is 938. The first-order chi connectivity index (χ1) is 14.5. The van der Waals surface area contributed by atoms with Crippen LogP contribution in [0.2, 0.25) is 0 Å². The molecule has 0 unspecified atom stereocenters. The van der Waals surface area contributed by atoms with Gasteiger partial charge in [-0.1, -0.05) is 30.0 Å². The van der Waals surface area contributed by atoms with Gasteiger partial charge in [-0.3, -0.25) is 10.1 Å². The van der Waals surface area contributed by atoms with Gasteiger partial charge < -0.3 is 9.73 Å². The zero-order chi connectivity index (χ0) is 20.7. The minimum Gasteiger partial charge on any atom is -0.411 e. The van der Waals surface area contributed by atoms with Gasteiger partial charge in [-0.05, 0) is 74.8 Å². The Balaban J connectivity index is 1.13. The van der Waals surface area contributed by atoms with E-state index in [9.17, 15) is 9.59 Å². The third kappa shape index (κ3) is 3.97.